The molecule has 0 saturated carbocycles. The van der Waals surface area contributed by atoms with Crippen molar-refractivity contribution in [2.45, 2.75) is 26.5 Å². The third kappa shape index (κ3) is 3.36. The highest BCUT2D eigenvalue weighted by Crippen LogP contribution is 2.06. The molecule has 0 aliphatic carbocycles. The molecule has 1 N–H and O–H groups in total. The van der Waals surface area contributed by atoms with Gasteiger partial charge in [0.25, 0.3) is 5.91 Å². The van der Waals surface area contributed by atoms with Crippen molar-refractivity contribution < 1.29 is 9.90 Å². The van der Waals surface area contributed by atoms with Crippen molar-refractivity contribution in [3.63, 3.8) is 0 Å². The number of aliphatic hydroxyl groups is 1. The Balaban J connectivity index is 2.62. The zero-order chi connectivity index (χ0) is 11.4. The first kappa shape index (κ1) is 11.7. The van der Waals surface area contributed by atoms with Crippen LogP contribution in [0.5, 0.6) is 0 Å². The Morgan fingerprint density at radius 2 is 1.93 bits per heavy atom. The van der Waals surface area contributed by atoms with E-state index < -0.39 is 6.10 Å². The summed E-state index contributed by atoms with van der Waals surface area (Å²) < 4.78 is 0. The Morgan fingerprint density at radius 1 is 1.40 bits per heavy atom. The standard InChI is InChI=1S/C12H17NO2/c1-9-4-6-11(7-5-9)8-13(3)12(15)10(2)14/h4-7,10,14H,8H2,1-3H3. The van der Waals surface area contributed by atoms with Crippen LogP contribution in [0.25, 0.3) is 0 Å². The predicted molar refractivity (Wildman–Crippen MR) is 59.3 cm³/mol. The van der Waals surface area contributed by atoms with Crippen LogP contribution in [-0.2, 0) is 11.3 Å². The summed E-state index contributed by atoms with van der Waals surface area (Å²) in [6.45, 7) is 4.03. The van der Waals surface area contributed by atoms with Gasteiger partial charge >= 0.3 is 0 Å². The van der Waals surface area contributed by atoms with E-state index in [1.807, 2.05) is 31.2 Å². The number of rotatable bonds is 3. The fourth-order valence-corrected chi connectivity index (χ4v) is 1.36. The van der Waals surface area contributed by atoms with Crippen LogP contribution in [-0.4, -0.2) is 29.1 Å². The fourth-order valence-electron chi connectivity index (χ4n) is 1.36. The fraction of sp³-hybridized carbons (Fsp3) is 0.417. The highest BCUT2D eigenvalue weighted by atomic mass is 16.3. The smallest absolute Gasteiger partial charge is 0.251 e. The van der Waals surface area contributed by atoms with Gasteiger partial charge in [0.05, 0.1) is 0 Å². The largest absolute Gasteiger partial charge is 0.384 e. The van der Waals surface area contributed by atoms with E-state index in [2.05, 4.69) is 0 Å². The first-order chi connectivity index (χ1) is 7.00. The molecule has 82 valence electrons. The molecule has 1 aromatic rings. The minimum Gasteiger partial charge on any atom is -0.384 e. The van der Waals surface area contributed by atoms with Crippen LogP contribution >= 0.6 is 0 Å². The molecule has 0 radical (unpaired) electrons. The number of hydrogen-bond acceptors (Lipinski definition) is 2. The normalized spacial score (nSPS) is 12.3. The highest BCUT2D eigenvalue weighted by molar-refractivity contribution is 5.79. The Morgan fingerprint density at radius 3 is 2.40 bits per heavy atom. The van der Waals surface area contributed by atoms with Gasteiger partial charge in [-0.05, 0) is 19.4 Å². The van der Waals surface area contributed by atoms with E-state index in [4.69, 9.17) is 5.11 Å². The molecule has 15 heavy (non-hydrogen) atoms. The number of carbonyl (C=O) groups is 1. The zero-order valence-corrected chi connectivity index (χ0v) is 9.40. The van der Waals surface area contributed by atoms with E-state index in [-0.39, 0.29) is 5.91 Å². The molecule has 1 amide bonds. The van der Waals surface area contributed by atoms with Crippen LogP contribution in [0.3, 0.4) is 0 Å². The lowest BCUT2D eigenvalue weighted by molar-refractivity contribution is -0.138. The van der Waals surface area contributed by atoms with E-state index in [0.29, 0.717) is 6.54 Å². The Labute approximate surface area is 90.3 Å². The summed E-state index contributed by atoms with van der Waals surface area (Å²) >= 11 is 0. The number of likely N-dealkylation sites (N-methyl/N-ethyl adjacent to an activating group) is 1. The van der Waals surface area contributed by atoms with Gasteiger partial charge in [0.2, 0.25) is 0 Å². The van der Waals surface area contributed by atoms with Gasteiger partial charge in [-0.25, -0.2) is 0 Å². The number of benzene rings is 1. The summed E-state index contributed by atoms with van der Waals surface area (Å²) in [4.78, 5) is 12.9. The molecule has 0 spiro atoms. The summed E-state index contributed by atoms with van der Waals surface area (Å²) in [6.07, 6.45) is -0.930. The van der Waals surface area contributed by atoms with Gasteiger partial charge in [-0.15, -0.1) is 0 Å². The average molecular weight is 207 g/mol. The molecule has 1 atom stereocenters. The van der Waals surface area contributed by atoms with E-state index in [9.17, 15) is 4.79 Å². The molecule has 0 bridgehead atoms. The van der Waals surface area contributed by atoms with Gasteiger partial charge < -0.3 is 10.0 Å². The number of hydrogen-bond donors (Lipinski definition) is 1. The van der Waals surface area contributed by atoms with Gasteiger partial charge in [0.1, 0.15) is 6.10 Å². The first-order valence-electron chi connectivity index (χ1n) is 4.99. The Bertz CT molecular complexity index is 330. The lowest BCUT2D eigenvalue weighted by atomic mass is 10.1. The van der Waals surface area contributed by atoms with Crippen LogP contribution in [0.15, 0.2) is 24.3 Å². The van der Waals surface area contributed by atoms with E-state index in [1.54, 1.807) is 7.05 Å². The lowest BCUT2D eigenvalue weighted by Gasteiger charge is -2.18. The van der Waals surface area contributed by atoms with Crippen molar-refractivity contribution in [3.8, 4) is 0 Å². The third-order valence-electron chi connectivity index (χ3n) is 2.27. The molecule has 0 aromatic heterocycles. The highest BCUT2D eigenvalue weighted by Gasteiger charge is 2.14. The SMILES string of the molecule is Cc1ccc(CN(C)C(=O)C(C)O)cc1. The molecular weight excluding hydrogens is 190 g/mol. The molecule has 0 aliphatic heterocycles. The van der Waals surface area contributed by atoms with Gasteiger partial charge in [0, 0.05) is 13.6 Å². The quantitative estimate of drug-likeness (QED) is 0.812. The van der Waals surface area contributed by atoms with Crippen molar-refractivity contribution in [1.29, 1.82) is 0 Å². The molecule has 1 rings (SSSR count). The van der Waals surface area contributed by atoms with Gasteiger partial charge in [-0.2, -0.15) is 0 Å². The van der Waals surface area contributed by atoms with Crippen LogP contribution in [0.1, 0.15) is 18.1 Å². The lowest BCUT2D eigenvalue weighted by Crippen LogP contribution is -2.34. The zero-order valence-electron chi connectivity index (χ0n) is 9.40. The molecule has 3 nitrogen and oxygen atoms in total. The predicted octanol–water partition coefficient (Wildman–Crippen LogP) is 1.33. The summed E-state index contributed by atoms with van der Waals surface area (Å²) in [5, 5.41) is 9.12. The number of carbonyl (C=O) groups excluding carboxylic acids is 1. The van der Waals surface area contributed by atoms with E-state index >= 15 is 0 Å². The molecular formula is C12H17NO2. The van der Waals surface area contributed by atoms with Crippen molar-refractivity contribution >= 4 is 5.91 Å². The summed E-state index contributed by atoms with van der Waals surface area (Å²) in [7, 11) is 1.69. The van der Waals surface area contributed by atoms with Gasteiger partial charge in [0.15, 0.2) is 0 Å². The maximum absolute atomic E-state index is 11.4. The average Bonchev–Trinajstić information content (AvgIpc) is 2.20. The minimum atomic E-state index is -0.930. The molecule has 0 saturated heterocycles. The number of aryl methyl sites for hydroxylation is 1. The van der Waals surface area contributed by atoms with Crippen LogP contribution < -0.4 is 0 Å². The van der Waals surface area contributed by atoms with Crippen molar-refractivity contribution in [2.75, 3.05) is 7.05 Å². The second-order valence-corrected chi connectivity index (χ2v) is 3.86. The summed E-state index contributed by atoms with van der Waals surface area (Å²) in [5.74, 6) is -0.254. The molecule has 3 heteroatoms. The van der Waals surface area contributed by atoms with Gasteiger partial charge in [-0.1, -0.05) is 29.8 Å². The van der Waals surface area contributed by atoms with Crippen molar-refractivity contribution in [1.82, 2.24) is 4.90 Å². The molecule has 1 unspecified atom stereocenters. The number of aliphatic hydroxyl groups excluding tert-OH is 1. The van der Waals surface area contributed by atoms with Crippen molar-refractivity contribution in [2.24, 2.45) is 0 Å². The molecule has 0 heterocycles. The first-order valence-corrected chi connectivity index (χ1v) is 4.99. The number of nitrogens with zero attached hydrogens (tertiary/aromatic N) is 1. The second-order valence-electron chi connectivity index (χ2n) is 3.86. The minimum absolute atomic E-state index is 0.254. The Hall–Kier alpha value is -1.35. The van der Waals surface area contributed by atoms with E-state index in [0.717, 1.165) is 5.56 Å². The molecule has 0 fully saturated rings. The number of amides is 1. The topological polar surface area (TPSA) is 40.5 Å². The van der Waals surface area contributed by atoms with Crippen LogP contribution in [0, 0.1) is 6.92 Å². The second kappa shape index (κ2) is 4.94. The monoisotopic (exact) mass is 207 g/mol. The third-order valence-corrected chi connectivity index (χ3v) is 2.27. The maximum atomic E-state index is 11.4. The molecule has 1 aromatic carbocycles. The van der Waals surface area contributed by atoms with E-state index in [1.165, 1.54) is 17.4 Å². The maximum Gasteiger partial charge on any atom is 0.251 e. The van der Waals surface area contributed by atoms with Crippen LogP contribution in [0.2, 0.25) is 0 Å². The Kier molecular flexibility index (Phi) is 3.86. The molecule has 0 aliphatic rings. The van der Waals surface area contributed by atoms with Crippen molar-refractivity contribution in [3.05, 3.63) is 35.4 Å². The van der Waals surface area contributed by atoms with Crippen LogP contribution in [0.4, 0.5) is 0 Å². The summed E-state index contributed by atoms with van der Waals surface area (Å²) in [6, 6.07) is 7.99. The summed E-state index contributed by atoms with van der Waals surface area (Å²) in [5.41, 5.74) is 2.26. The van der Waals surface area contributed by atoms with Gasteiger partial charge in [-0.3, -0.25) is 4.79 Å².